The highest BCUT2D eigenvalue weighted by molar-refractivity contribution is 6.28. The Morgan fingerprint density at radius 2 is 1.06 bits per heavy atom. The highest BCUT2D eigenvalue weighted by Gasteiger charge is 2.24. The summed E-state index contributed by atoms with van der Waals surface area (Å²) in [6, 6.07) is 60.0. The number of nitrogens with zero attached hydrogens (tertiary/aromatic N) is 4. The quantitative estimate of drug-likeness (QED) is 0.174. The summed E-state index contributed by atoms with van der Waals surface area (Å²) in [6.07, 6.45) is 3.74. The first-order valence-corrected chi connectivity index (χ1v) is 17.2. The van der Waals surface area contributed by atoms with E-state index in [1.807, 2.05) is 18.5 Å². The van der Waals surface area contributed by atoms with Gasteiger partial charge in [-0.2, -0.15) is 0 Å². The normalized spacial score (nSPS) is 11.5. The zero-order valence-corrected chi connectivity index (χ0v) is 27.6. The third kappa shape index (κ3) is 4.72. The van der Waals surface area contributed by atoms with E-state index in [1.165, 1.54) is 16.2 Å². The van der Waals surface area contributed by atoms with Crippen molar-refractivity contribution in [2.45, 2.75) is 0 Å². The van der Waals surface area contributed by atoms with Crippen molar-refractivity contribution in [2.24, 2.45) is 0 Å². The molecule has 0 N–H and O–H groups in total. The molecule has 10 rings (SSSR count). The second kappa shape index (κ2) is 11.9. The fourth-order valence-corrected chi connectivity index (χ4v) is 7.65. The van der Waals surface area contributed by atoms with Crippen molar-refractivity contribution < 1.29 is 0 Å². The van der Waals surface area contributed by atoms with Crippen LogP contribution in [0.3, 0.4) is 0 Å². The van der Waals surface area contributed by atoms with Gasteiger partial charge in [-0.05, 0) is 58.8 Å². The molecule has 3 heterocycles. The molecule has 0 spiro atoms. The molecule has 0 fully saturated rings. The average Bonchev–Trinajstić information content (AvgIpc) is 3.21. The van der Waals surface area contributed by atoms with Crippen molar-refractivity contribution in [1.82, 2.24) is 15.0 Å². The maximum Gasteiger partial charge on any atom is 0.0970 e. The van der Waals surface area contributed by atoms with Crippen LogP contribution in [0, 0.1) is 0 Å². The molecular formula is C47H30N4. The lowest BCUT2D eigenvalue weighted by atomic mass is 9.90. The van der Waals surface area contributed by atoms with Gasteiger partial charge in [0.15, 0.2) is 0 Å². The predicted octanol–water partition coefficient (Wildman–Crippen LogP) is 12.4. The Morgan fingerprint density at radius 3 is 1.84 bits per heavy atom. The Balaban J connectivity index is 1.38. The maximum absolute atomic E-state index is 5.69. The minimum atomic E-state index is 0.890. The molecule has 0 saturated carbocycles. The van der Waals surface area contributed by atoms with Gasteiger partial charge in [-0.25, -0.2) is 4.98 Å². The molecule has 4 heteroatoms. The Labute approximate surface area is 294 Å². The van der Waals surface area contributed by atoms with Crippen molar-refractivity contribution in [3.8, 4) is 22.4 Å². The molecule has 0 radical (unpaired) electrons. The number of aromatic nitrogens is 3. The topological polar surface area (TPSA) is 41.9 Å². The number of fused-ring (bicyclic) bond motifs is 8. The van der Waals surface area contributed by atoms with E-state index in [-0.39, 0.29) is 0 Å². The van der Waals surface area contributed by atoms with Crippen LogP contribution < -0.4 is 4.90 Å². The minimum absolute atomic E-state index is 0.890. The first-order chi connectivity index (χ1) is 25.3. The van der Waals surface area contributed by atoms with E-state index in [1.54, 1.807) is 0 Å². The van der Waals surface area contributed by atoms with Gasteiger partial charge in [0.2, 0.25) is 0 Å². The molecule has 0 unspecified atom stereocenters. The smallest absolute Gasteiger partial charge is 0.0970 e. The van der Waals surface area contributed by atoms with E-state index in [0.29, 0.717) is 0 Å². The molecule has 0 atom stereocenters. The van der Waals surface area contributed by atoms with Crippen molar-refractivity contribution in [1.29, 1.82) is 0 Å². The van der Waals surface area contributed by atoms with Crippen LogP contribution in [0.2, 0.25) is 0 Å². The lowest BCUT2D eigenvalue weighted by molar-refractivity contribution is 1.30. The van der Waals surface area contributed by atoms with E-state index in [0.717, 1.165) is 77.5 Å². The van der Waals surface area contributed by atoms with E-state index in [2.05, 4.69) is 169 Å². The lowest BCUT2D eigenvalue weighted by Crippen LogP contribution is -2.11. The summed E-state index contributed by atoms with van der Waals surface area (Å²) >= 11 is 0. The van der Waals surface area contributed by atoms with Crippen molar-refractivity contribution in [3.05, 3.63) is 182 Å². The summed E-state index contributed by atoms with van der Waals surface area (Å²) in [7, 11) is 0. The largest absolute Gasteiger partial charge is 0.310 e. The van der Waals surface area contributed by atoms with E-state index in [4.69, 9.17) is 15.0 Å². The molecule has 7 aromatic carbocycles. The van der Waals surface area contributed by atoms with Crippen LogP contribution in [-0.4, -0.2) is 15.0 Å². The fourth-order valence-electron chi connectivity index (χ4n) is 7.65. The first-order valence-electron chi connectivity index (χ1n) is 17.2. The van der Waals surface area contributed by atoms with Gasteiger partial charge in [-0.15, -0.1) is 0 Å². The summed E-state index contributed by atoms with van der Waals surface area (Å²) < 4.78 is 0. The number of benzene rings is 7. The van der Waals surface area contributed by atoms with E-state index >= 15 is 0 Å². The maximum atomic E-state index is 5.69. The lowest BCUT2D eigenvalue weighted by Gasteiger charge is -2.29. The summed E-state index contributed by atoms with van der Waals surface area (Å²) in [5.74, 6) is 0. The van der Waals surface area contributed by atoms with Crippen molar-refractivity contribution >= 4 is 71.3 Å². The number of anilines is 3. The van der Waals surface area contributed by atoms with Crippen LogP contribution in [0.5, 0.6) is 0 Å². The van der Waals surface area contributed by atoms with Crippen LogP contribution in [-0.2, 0) is 0 Å². The Hall–Kier alpha value is -6.91. The molecule has 0 aliphatic carbocycles. The van der Waals surface area contributed by atoms with Crippen LogP contribution in [0.1, 0.15) is 0 Å². The summed E-state index contributed by atoms with van der Waals surface area (Å²) in [4.78, 5) is 17.6. The Morgan fingerprint density at radius 1 is 0.392 bits per heavy atom. The van der Waals surface area contributed by atoms with Crippen LogP contribution >= 0.6 is 0 Å². The second-order valence-corrected chi connectivity index (χ2v) is 12.8. The SMILES string of the molecule is c1ccc(-c2nc3c(-c4ccnc5c4ccc4cccnc45)cccc3c3c2c(N(c2ccccc2)c2ccccc2)cc2ccccc23)cc1. The van der Waals surface area contributed by atoms with Gasteiger partial charge in [0.25, 0.3) is 0 Å². The zero-order chi connectivity index (χ0) is 33.7. The van der Waals surface area contributed by atoms with Gasteiger partial charge >= 0.3 is 0 Å². The third-order valence-corrected chi connectivity index (χ3v) is 9.88. The first kappa shape index (κ1) is 29.0. The molecule has 4 nitrogen and oxygen atoms in total. The fraction of sp³-hybridized carbons (Fsp3) is 0. The van der Waals surface area contributed by atoms with E-state index < -0.39 is 0 Å². The van der Waals surface area contributed by atoms with Crippen LogP contribution in [0.15, 0.2) is 182 Å². The molecule has 0 aliphatic heterocycles. The number of hydrogen-bond donors (Lipinski definition) is 0. The monoisotopic (exact) mass is 650 g/mol. The average molecular weight is 651 g/mol. The van der Waals surface area contributed by atoms with Gasteiger partial charge in [0.05, 0.1) is 27.9 Å². The molecule has 0 aliphatic rings. The summed E-state index contributed by atoms with van der Waals surface area (Å²) in [5, 5.41) is 7.86. The highest BCUT2D eigenvalue weighted by atomic mass is 15.1. The van der Waals surface area contributed by atoms with Gasteiger partial charge in [-0.1, -0.05) is 127 Å². The van der Waals surface area contributed by atoms with Crippen molar-refractivity contribution in [2.75, 3.05) is 4.90 Å². The van der Waals surface area contributed by atoms with E-state index in [9.17, 15) is 0 Å². The van der Waals surface area contributed by atoms with Gasteiger partial charge < -0.3 is 4.90 Å². The van der Waals surface area contributed by atoms with Gasteiger partial charge in [0.1, 0.15) is 0 Å². The third-order valence-electron chi connectivity index (χ3n) is 9.88. The zero-order valence-electron chi connectivity index (χ0n) is 27.6. The molecule has 0 saturated heterocycles. The molecule has 10 aromatic rings. The molecule has 3 aromatic heterocycles. The molecule has 0 bridgehead atoms. The van der Waals surface area contributed by atoms with Crippen molar-refractivity contribution in [3.63, 3.8) is 0 Å². The second-order valence-electron chi connectivity index (χ2n) is 12.8. The molecular weight excluding hydrogens is 621 g/mol. The molecule has 51 heavy (non-hydrogen) atoms. The van der Waals surface area contributed by atoms with Crippen LogP contribution in [0.25, 0.3) is 76.6 Å². The number of pyridine rings is 3. The minimum Gasteiger partial charge on any atom is -0.310 e. The summed E-state index contributed by atoms with van der Waals surface area (Å²) in [5.41, 5.74) is 10.1. The Bertz CT molecular complexity index is 2870. The molecule has 0 amide bonds. The highest BCUT2D eigenvalue weighted by Crippen LogP contribution is 2.48. The summed E-state index contributed by atoms with van der Waals surface area (Å²) in [6.45, 7) is 0. The standard InChI is InChI=1S/C47H30N4/c1-4-14-31(15-5-1)44-43-41(51(34-18-6-2-7-19-34)35-20-8-3-9-21-35)30-33-16-10-11-22-36(33)42(43)40-24-12-23-38(46(40)50-44)37-27-29-49-47-39(37)26-25-32-17-13-28-48-45(32)47/h1-30H. The van der Waals surface area contributed by atoms with Crippen LogP contribution in [0.4, 0.5) is 17.1 Å². The number of rotatable bonds is 5. The number of hydrogen-bond acceptors (Lipinski definition) is 4. The van der Waals surface area contributed by atoms with Gasteiger partial charge in [0, 0.05) is 61.8 Å². The van der Waals surface area contributed by atoms with Gasteiger partial charge in [-0.3, -0.25) is 9.97 Å². The number of para-hydroxylation sites is 3. The Kier molecular flexibility index (Phi) is 6.78. The predicted molar refractivity (Wildman–Crippen MR) is 213 cm³/mol. The molecule has 238 valence electrons.